The third-order valence-electron chi connectivity index (χ3n) is 2.94. The summed E-state index contributed by atoms with van der Waals surface area (Å²) in [6.45, 7) is 0.0211. The molecule has 0 saturated heterocycles. The molecule has 0 amide bonds. The van der Waals surface area contributed by atoms with Crippen LogP contribution in [0.4, 0.5) is 0 Å². The second kappa shape index (κ2) is 4.51. The van der Waals surface area contributed by atoms with Crippen LogP contribution in [0, 0.1) is 0 Å². The second-order valence-electron chi connectivity index (χ2n) is 4.15. The molecule has 0 radical (unpaired) electrons. The number of hydrogen-bond acceptors (Lipinski definition) is 3. The number of aliphatic hydroxyl groups excluding tert-OH is 1. The predicted octanol–water partition coefficient (Wildman–Crippen LogP) is 1.15. The lowest BCUT2D eigenvalue weighted by molar-refractivity contribution is 0.181. The first-order valence-electron chi connectivity index (χ1n) is 4.83. The number of aromatic hydroxyl groups is 1. The first-order valence-corrected chi connectivity index (χ1v) is 4.83. The Balaban J connectivity index is 0.00000112. The van der Waals surface area contributed by atoms with Crippen molar-refractivity contribution in [1.82, 2.24) is 0 Å². The topological polar surface area (TPSA) is 66.5 Å². The minimum Gasteiger partial charge on any atom is -0.508 e. The number of benzene rings is 1. The average molecular weight is 274 g/mol. The Bertz CT molecular complexity index is 356. The van der Waals surface area contributed by atoms with Crippen molar-refractivity contribution in [3.63, 3.8) is 0 Å². The fraction of sp³-hybridized carbons (Fsp3) is 0.455. The van der Waals surface area contributed by atoms with Crippen LogP contribution in [-0.4, -0.2) is 22.4 Å². The Labute approximate surface area is 99.7 Å². The first kappa shape index (κ1) is 12.5. The molecule has 4 heteroatoms. The molecule has 1 aliphatic rings. The van der Waals surface area contributed by atoms with Crippen LogP contribution in [0.25, 0.3) is 0 Å². The summed E-state index contributed by atoms with van der Waals surface area (Å²) in [4.78, 5) is 0. The summed E-state index contributed by atoms with van der Waals surface area (Å²) in [6.07, 6.45) is 2.31. The zero-order valence-corrected chi connectivity index (χ0v) is 10.2. The predicted molar refractivity (Wildman–Crippen MR) is 64.5 cm³/mol. The van der Waals surface area contributed by atoms with Gasteiger partial charge in [0.1, 0.15) is 5.75 Å². The maximum absolute atomic E-state index is 9.29. The van der Waals surface area contributed by atoms with Gasteiger partial charge in [-0.2, -0.15) is 0 Å². The molecule has 15 heavy (non-hydrogen) atoms. The molecule has 0 heterocycles. The van der Waals surface area contributed by atoms with Gasteiger partial charge in [-0.05, 0) is 42.5 Å². The Hall–Kier alpha value is -0.580. The Morgan fingerprint density at radius 1 is 1.33 bits per heavy atom. The van der Waals surface area contributed by atoms with Gasteiger partial charge in [0.2, 0.25) is 0 Å². The molecule has 4 N–H and O–H groups in total. The lowest BCUT2D eigenvalue weighted by Gasteiger charge is -2.32. The van der Waals surface area contributed by atoms with E-state index in [4.69, 9.17) is 10.8 Å². The molecule has 0 aromatic heterocycles. The quantitative estimate of drug-likeness (QED) is 0.719. The van der Waals surface area contributed by atoms with Crippen molar-refractivity contribution in [2.45, 2.75) is 24.8 Å². The van der Waals surface area contributed by atoms with E-state index >= 15 is 0 Å². The Morgan fingerprint density at radius 2 is 2.07 bits per heavy atom. The Morgan fingerprint density at radius 3 is 2.73 bits per heavy atom. The molecule has 1 unspecified atom stereocenters. The van der Waals surface area contributed by atoms with Crippen LogP contribution in [0.2, 0.25) is 0 Å². The van der Waals surface area contributed by atoms with Crippen LogP contribution >= 0.6 is 17.0 Å². The highest BCUT2D eigenvalue weighted by Gasteiger charge is 2.29. The van der Waals surface area contributed by atoms with Crippen molar-refractivity contribution >= 4 is 17.0 Å². The number of phenols is 1. The van der Waals surface area contributed by atoms with Crippen molar-refractivity contribution in [3.8, 4) is 5.75 Å². The lowest BCUT2D eigenvalue weighted by atomic mass is 9.79. The largest absolute Gasteiger partial charge is 0.508 e. The molecule has 0 fully saturated rings. The molecule has 0 bridgehead atoms. The molecule has 1 aliphatic carbocycles. The summed E-state index contributed by atoms with van der Waals surface area (Å²) in [5.41, 5.74) is 7.83. The standard InChI is InChI=1S/C11H15NO2.BrH/c12-11(7-13)4-3-8-5-10(14)2-1-9(8)6-11;/h1-2,5,13-14H,3-4,6-7,12H2;1H. The number of fused-ring (bicyclic) bond motifs is 1. The summed E-state index contributed by atoms with van der Waals surface area (Å²) in [5.74, 6) is 0.303. The van der Waals surface area contributed by atoms with E-state index in [9.17, 15) is 5.11 Å². The van der Waals surface area contributed by atoms with Crippen molar-refractivity contribution in [1.29, 1.82) is 0 Å². The number of aryl methyl sites for hydroxylation is 1. The highest BCUT2D eigenvalue weighted by molar-refractivity contribution is 8.93. The third-order valence-corrected chi connectivity index (χ3v) is 2.94. The van der Waals surface area contributed by atoms with Gasteiger partial charge < -0.3 is 15.9 Å². The summed E-state index contributed by atoms with van der Waals surface area (Å²) in [6, 6.07) is 5.34. The Kier molecular flexibility index (Phi) is 3.76. The zero-order chi connectivity index (χ0) is 10.2. The number of phenolic OH excluding ortho intramolecular Hbond substituents is 1. The van der Waals surface area contributed by atoms with Crippen LogP contribution < -0.4 is 5.73 Å². The van der Waals surface area contributed by atoms with Gasteiger partial charge in [-0.15, -0.1) is 17.0 Å². The van der Waals surface area contributed by atoms with Gasteiger partial charge in [0, 0.05) is 5.54 Å². The van der Waals surface area contributed by atoms with Gasteiger partial charge in [0.15, 0.2) is 0 Å². The normalized spacial score (nSPS) is 24.1. The van der Waals surface area contributed by atoms with E-state index in [1.165, 1.54) is 0 Å². The minimum atomic E-state index is -0.468. The zero-order valence-electron chi connectivity index (χ0n) is 8.44. The van der Waals surface area contributed by atoms with Crippen LogP contribution in [0.1, 0.15) is 17.5 Å². The molecule has 3 nitrogen and oxygen atoms in total. The van der Waals surface area contributed by atoms with E-state index in [1.54, 1.807) is 12.1 Å². The molecular formula is C11H16BrNO2. The SMILES string of the molecule is Br.NC1(CO)CCc2cc(O)ccc2C1. The van der Waals surface area contributed by atoms with Crippen molar-refractivity contribution in [3.05, 3.63) is 29.3 Å². The molecule has 1 aromatic carbocycles. The smallest absolute Gasteiger partial charge is 0.115 e. The highest BCUT2D eigenvalue weighted by atomic mass is 79.9. The van der Waals surface area contributed by atoms with Crippen LogP contribution in [0.3, 0.4) is 0 Å². The summed E-state index contributed by atoms with van der Waals surface area (Å²) < 4.78 is 0. The molecule has 1 atom stereocenters. The highest BCUT2D eigenvalue weighted by Crippen LogP contribution is 2.29. The first-order chi connectivity index (χ1) is 6.63. The minimum absolute atomic E-state index is 0. The van der Waals surface area contributed by atoms with E-state index in [0.29, 0.717) is 12.2 Å². The summed E-state index contributed by atoms with van der Waals surface area (Å²) in [7, 11) is 0. The number of rotatable bonds is 1. The third kappa shape index (κ3) is 2.51. The van der Waals surface area contributed by atoms with Crippen LogP contribution in [0.5, 0.6) is 5.75 Å². The van der Waals surface area contributed by atoms with Gasteiger partial charge in [0.05, 0.1) is 6.61 Å². The number of halogens is 1. The maximum atomic E-state index is 9.29. The van der Waals surface area contributed by atoms with E-state index in [2.05, 4.69) is 0 Å². The van der Waals surface area contributed by atoms with Crippen LogP contribution in [0.15, 0.2) is 18.2 Å². The molecule has 0 spiro atoms. The number of hydrogen-bond donors (Lipinski definition) is 3. The average Bonchev–Trinajstić information content (AvgIpc) is 2.19. The van der Waals surface area contributed by atoms with Crippen molar-refractivity contribution in [2.24, 2.45) is 5.73 Å². The van der Waals surface area contributed by atoms with Gasteiger partial charge in [-0.1, -0.05) is 6.07 Å². The fourth-order valence-electron chi connectivity index (χ4n) is 2.00. The monoisotopic (exact) mass is 273 g/mol. The van der Waals surface area contributed by atoms with Gasteiger partial charge in [0.25, 0.3) is 0 Å². The number of aliphatic hydroxyl groups is 1. The molecule has 1 aromatic rings. The molecule has 2 rings (SSSR count). The molecule has 0 aliphatic heterocycles. The van der Waals surface area contributed by atoms with E-state index in [0.717, 1.165) is 24.0 Å². The van der Waals surface area contributed by atoms with Crippen molar-refractivity contribution in [2.75, 3.05) is 6.61 Å². The van der Waals surface area contributed by atoms with Gasteiger partial charge in [-0.25, -0.2) is 0 Å². The fourth-order valence-corrected chi connectivity index (χ4v) is 2.00. The number of nitrogens with two attached hydrogens (primary N) is 1. The molecular weight excluding hydrogens is 258 g/mol. The van der Waals surface area contributed by atoms with Crippen LogP contribution in [-0.2, 0) is 12.8 Å². The molecule has 0 saturated carbocycles. The second-order valence-corrected chi connectivity index (χ2v) is 4.15. The summed E-state index contributed by atoms with van der Waals surface area (Å²) in [5, 5.41) is 18.5. The van der Waals surface area contributed by atoms with Gasteiger partial charge in [-0.3, -0.25) is 0 Å². The van der Waals surface area contributed by atoms with E-state index < -0.39 is 5.54 Å². The summed E-state index contributed by atoms with van der Waals surface area (Å²) >= 11 is 0. The molecule has 84 valence electrons. The van der Waals surface area contributed by atoms with E-state index in [-0.39, 0.29) is 23.6 Å². The maximum Gasteiger partial charge on any atom is 0.115 e. The lowest BCUT2D eigenvalue weighted by Crippen LogP contribution is -2.48. The van der Waals surface area contributed by atoms with Crippen molar-refractivity contribution < 1.29 is 10.2 Å². The van der Waals surface area contributed by atoms with E-state index in [1.807, 2.05) is 6.07 Å². The van der Waals surface area contributed by atoms with Gasteiger partial charge >= 0.3 is 0 Å².